The fraction of sp³-hybridized carbons (Fsp3) is 0.429. The monoisotopic (exact) mass is 443 g/mol. The number of aromatic nitrogens is 1. The van der Waals surface area contributed by atoms with E-state index in [4.69, 9.17) is 4.74 Å². The van der Waals surface area contributed by atoms with E-state index >= 15 is 0 Å². The zero-order chi connectivity index (χ0) is 22.9. The number of rotatable bonds is 6. The van der Waals surface area contributed by atoms with Crippen molar-refractivity contribution in [3.8, 4) is 5.88 Å². The molecule has 1 unspecified atom stereocenters. The molecule has 1 aliphatic heterocycles. The molecule has 0 saturated carbocycles. The fourth-order valence-electron chi connectivity index (χ4n) is 2.93. The normalized spacial score (nSPS) is 18.0. The summed E-state index contributed by atoms with van der Waals surface area (Å²) in [6.07, 6.45) is -3.16. The Morgan fingerprint density at radius 3 is 2.58 bits per heavy atom. The van der Waals surface area contributed by atoms with E-state index in [0.29, 0.717) is 18.8 Å². The summed E-state index contributed by atoms with van der Waals surface area (Å²) in [6.45, 7) is 3.36. The Morgan fingerprint density at radius 2 is 1.90 bits per heavy atom. The first-order valence-corrected chi connectivity index (χ1v) is 9.82. The van der Waals surface area contributed by atoms with Crippen molar-refractivity contribution in [3.05, 3.63) is 59.5 Å². The highest BCUT2D eigenvalue weighted by atomic mass is 19.4. The lowest BCUT2D eigenvalue weighted by Gasteiger charge is -2.20. The fourth-order valence-corrected chi connectivity index (χ4v) is 2.93. The Morgan fingerprint density at radius 1 is 1.19 bits per heavy atom. The summed E-state index contributed by atoms with van der Waals surface area (Å²) in [5.41, 5.74) is 1.39. The molecule has 2 atom stereocenters. The van der Waals surface area contributed by atoms with Crippen LogP contribution in [0.3, 0.4) is 0 Å². The van der Waals surface area contributed by atoms with Gasteiger partial charge < -0.3 is 20.1 Å². The molecule has 0 aliphatic carbocycles. The van der Waals surface area contributed by atoms with Gasteiger partial charge in [-0.3, -0.25) is 0 Å². The number of hydrogen-bond acceptors (Lipinski definition) is 4. The number of carbonyl (C=O) groups is 1. The highest BCUT2D eigenvalue weighted by Crippen LogP contribution is 2.26. The van der Waals surface area contributed by atoms with Crippen molar-refractivity contribution >= 4 is 6.03 Å². The number of nitrogens with zero attached hydrogens (tertiary/aromatic N) is 1. The van der Waals surface area contributed by atoms with Crippen LogP contribution in [0.1, 0.15) is 30.9 Å². The van der Waals surface area contributed by atoms with Gasteiger partial charge in [-0.25, -0.2) is 14.2 Å². The van der Waals surface area contributed by atoms with Crippen molar-refractivity contribution in [2.75, 3.05) is 19.8 Å². The van der Waals surface area contributed by atoms with Crippen LogP contribution in [0, 0.1) is 5.82 Å². The van der Waals surface area contributed by atoms with Gasteiger partial charge in [0, 0.05) is 24.7 Å². The van der Waals surface area contributed by atoms with E-state index in [2.05, 4.69) is 20.4 Å². The molecule has 6 nitrogen and oxygen atoms in total. The number of hydrogen-bond donors (Lipinski definition) is 2. The van der Waals surface area contributed by atoms with Crippen LogP contribution in [-0.2, 0) is 11.3 Å². The summed E-state index contributed by atoms with van der Waals surface area (Å²) < 4.78 is 59.8. The number of amides is 2. The largest absolute Gasteiger partial charge is 0.468 e. The smallest absolute Gasteiger partial charge is 0.422 e. The summed E-state index contributed by atoms with van der Waals surface area (Å²) in [4.78, 5) is 15.9. The first-order valence-electron chi connectivity index (χ1n) is 9.82. The second-order valence-electron chi connectivity index (χ2n) is 6.54. The second kappa shape index (κ2) is 11.5. The van der Waals surface area contributed by atoms with Crippen LogP contribution in [0.5, 0.6) is 5.88 Å². The Labute approximate surface area is 178 Å². The minimum absolute atomic E-state index is 0.0749. The maximum absolute atomic E-state index is 13.1. The lowest BCUT2D eigenvalue weighted by Crippen LogP contribution is -2.44. The summed E-state index contributed by atoms with van der Waals surface area (Å²) in [5.74, 6) is -0.627. The van der Waals surface area contributed by atoms with E-state index in [9.17, 15) is 22.4 Å². The molecule has 0 bridgehead atoms. The van der Waals surface area contributed by atoms with Crippen molar-refractivity contribution in [1.29, 1.82) is 0 Å². The van der Waals surface area contributed by atoms with Gasteiger partial charge in [0.15, 0.2) is 6.61 Å². The van der Waals surface area contributed by atoms with Crippen molar-refractivity contribution in [3.63, 3.8) is 0 Å². The molecule has 2 amide bonds. The van der Waals surface area contributed by atoms with Crippen molar-refractivity contribution in [2.45, 2.75) is 38.5 Å². The second-order valence-corrected chi connectivity index (χ2v) is 6.54. The number of alkyl halides is 3. The van der Waals surface area contributed by atoms with Gasteiger partial charge in [-0.05, 0) is 29.3 Å². The van der Waals surface area contributed by atoms with Crippen molar-refractivity contribution < 1.29 is 31.8 Å². The molecular weight excluding hydrogens is 418 g/mol. The number of carbonyl (C=O) groups excluding carboxylic acids is 1. The Hall–Kier alpha value is -2.88. The molecule has 1 aromatic heterocycles. The maximum atomic E-state index is 13.1. The Kier molecular flexibility index (Phi) is 9.04. The van der Waals surface area contributed by atoms with Gasteiger partial charge >= 0.3 is 12.2 Å². The van der Waals surface area contributed by atoms with Gasteiger partial charge in [0.05, 0.1) is 19.3 Å². The number of ether oxygens (including phenoxy) is 2. The molecule has 31 heavy (non-hydrogen) atoms. The van der Waals surface area contributed by atoms with Crippen LogP contribution in [0.4, 0.5) is 22.4 Å². The first-order chi connectivity index (χ1) is 14.8. The molecule has 2 heterocycles. The van der Waals surface area contributed by atoms with Gasteiger partial charge in [-0.2, -0.15) is 13.2 Å². The van der Waals surface area contributed by atoms with Gasteiger partial charge in [0.25, 0.3) is 0 Å². The molecule has 0 radical (unpaired) electrons. The molecule has 3 rings (SSSR count). The lowest BCUT2D eigenvalue weighted by atomic mass is 9.94. The van der Waals surface area contributed by atoms with Crippen LogP contribution >= 0.6 is 0 Å². The first kappa shape index (κ1) is 24.4. The third-order valence-electron chi connectivity index (χ3n) is 4.33. The quantitative estimate of drug-likeness (QED) is 0.658. The third kappa shape index (κ3) is 8.05. The molecule has 1 aromatic carbocycles. The number of halogens is 4. The van der Waals surface area contributed by atoms with Crippen LogP contribution < -0.4 is 15.4 Å². The van der Waals surface area contributed by atoms with Crippen molar-refractivity contribution in [1.82, 2.24) is 15.6 Å². The van der Waals surface area contributed by atoms with Crippen LogP contribution in [-0.4, -0.2) is 43.1 Å². The number of nitrogens with one attached hydrogen (secondary N) is 2. The standard InChI is InChI=1S/C19H19F4N3O3.C2H6/c20-14-3-1-13(2-4-14)15-9-28-10-16(15)26-18(27)25-8-12-5-6-24-17(7-12)29-11-19(21,22)23;1-2/h1-7,15-16H,8-11H2,(H2,25,26,27);1-2H3/t15-,16?;/m0./s1. The third-order valence-corrected chi connectivity index (χ3v) is 4.33. The predicted octanol–water partition coefficient (Wildman–Crippen LogP) is 4.17. The van der Waals surface area contributed by atoms with E-state index < -0.39 is 18.8 Å². The predicted molar refractivity (Wildman–Crippen MR) is 106 cm³/mol. The topological polar surface area (TPSA) is 72.5 Å². The van der Waals surface area contributed by atoms with Gasteiger partial charge in [0.1, 0.15) is 5.82 Å². The lowest BCUT2D eigenvalue weighted by molar-refractivity contribution is -0.154. The molecular formula is C21H25F4N3O3. The Balaban J connectivity index is 0.00000166. The van der Waals surface area contributed by atoms with Gasteiger partial charge in [0.2, 0.25) is 5.88 Å². The highest BCUT2D eigenvalue weighted by molar-refractivity contribution is 5.74. The minimum atomic E-state index is -4.46. The number of pyridine rings is 1. The molecule has 170 valence electrons. The average Bonchev–Trinajstić information content (AvgIpc) is 3.20. The van der Waals surface area contributed by atoms with E-state index in [1.807, 2.05) is 13.8 Å². The Bertz CT molecular complexity index is 831. The highest BCUT2D eigenvalue weighted by Gasteiger charge is 2.31. The zero-order valence-corrected chi connectivity index (χ0v) is 17.2. The molecule has 0 spiro atoms. The minimum Gasteiger partial charge on any atom is -0.468 e. The van der Waals surface area contributed by atoms with E-state index in [0.717, 1.165) is 5.56 Å². The summed E-state index contributed by atoms with van der Waals surface area (Å²) in [5, 5.41) is 5.44. The van der Waals surface area contributed by atoms with E-state index in [1.165, 1.54) is 24.4 Å². The van der Waals surface area contributed by atoms with Crippen LogP contribution in [0.15, 0.2) is 42.6 Å². The maximum Gasteiger partial charge on any atom is 0.422 e. The summed E-state index contributed by atoms with van der Waals surface area (Å²) >= 11 is 0. The summed E-state index contributed by atoms with van der Waals surface area (Å²) in [7, 11) is 0. The molecule has 10 heteroatoms. The van der Waals surface area contributed by atoms with Gasteiger partial charge in [-0.1, -0.05) is 26.0 Å². The molecule has 2 aromatic rings. The summed E-state index contributed by atoms with van der Waals surface area (Å²) in [6, 6.07) is 8.15. The van der Waals surface area contributed by atoms with E-state index in [-0.39, 0.29) is 30.2 Å². The van der Waals surface area contributed by atoms with Crippen LogP contribution in [0.2, 0.25) is 0 Å². The zero-order valence-electron chi connectivity index (χ0n) is 17.2. The average molecular weight is 443 g/mol. The number of benzene rings is 1. The molecule has 1 aliphatic rings. The van der Waals surface area contributed by atoms with Crippen molar-refractivity contribution in [2.24, 2.45) is 0 Å². The molecule has 1 fully saturated rings. The molecule has 1 saturated heterocycles. The van der Waals surface area contributed by atoms with Crippen LogP contribution in [0.25, 0.3) is 0 Å². The van der Waals surface area contributed by atoms with E-state index in [1.54, 1.807) is 18.2 Å². The molecule has 2 N–H and O–H groups in total. The van der Waals surface area contributed by atoms with Gasteiger partial charge in [-0.15, -0.1) is 0 Å². The SMILES string of the molecule is CC.O=C(NCc1ccnc(OCC(F)(F)F)c1)NC1COC[C@H]1c1ccc(F)cc1. The number of urea groups is 1.